The molecule has 0 bridgehead atoms. The lowest BCUT2D eigenvalue weighted by molar-refractivity contribution is -0.138. The highest BCUT2D eigenvalue weighted by Crippen LogP contribution is 2.34. The van der Waals surface area contributed by atoms with Crippen molar-refractivity contribution < 1.29 is 31.2 Å². The molecule has 0 saturated heterocycles. The van der Waals surface area contributed by atoms with Gasteiger partial charge in [-0.15, -0.1) is 0 Å². The summed E-state index contributed by atoms with van der Waals surface area (Å²) in [4.78, 5) is 4.84. The molecule has 2 aromatic rings. The second-order valence-electron chi connectivity index (χ2n) is 4.98. The number of alkyl halides is 6. The summed E-state index contributed by atoms with van der Waals surface area (Å²) in [5.74, 6) is -0.259. The highest BCUT2D eigenvalue weighted by atomic mass is 35.5. The van der Waals surface area contributed by atoms with Crippen molar-refractivity contribution in [1.29, 1.82) is 0 Å². The molecule has 0 aliphatic carbocycles. The van der Waals surface area contributed by atoms with Gasteiger partial charge in [-0.25, -0.2) is 0 Å². The normalized spacial score (nSPS) is 13.0. The summed E-state index contributed by atoms with van der Waals surface area (Å²) in [7, 11) is 0. The fourth-order valence-electron chi connectivity index (χ4n) is 1.96. The minimum Gasteiger partial charge on any atom is -0.357 e. The fourth-order valence-corrected chi connectivity index (χ4v) is 2.13. The second-order valence-corrected chi connectivity index (χ2v) is 5.42. The van der Waals surface area contributed by atoms with E-state index in [9.17, 15) is 26.3 Å². The van der Waals surface area contributed by atoms with Crippen LogP contribution in [0.3, 0.4) is 0 Å². The Morgan fingerprint density at radius 2 is 1.64 bits per heavy atom. The van der Waals surface area contributed by atoms with Gasteiger partial charge in [0.25, 0.3) is 0 Å². The van der Waals surface area contributed by atoms with Crippen LogP contribution >= 0.6 is 11.6 Å². The maximum Gasteiger partial charge on any atom is 0.417 e. The first kappa shape index (κ1) is 19.1. The van der Waals surface area contributed by atoms with Crippen LogP contribution < -0.4 is 4.84 Å². The maximum absolute atomic E-state index is 13.0. The minimum atomic E-state index is -4.65. The molecule has 0 N–H and O–H groups in total. The molecule has 0 amide bonds. The molecule has 0 unspecified atom stereocenters. The Kier molecular flexibility index (Phi) is 5.31. The summed E-state index contributed by atoms with van der Waals surface area (Å²) in [6.45, 7) is 1.23. The summed E-state index contributed by atoms with van der Waals surface area (Å²) >= 11 is 5.71. The number of hydrogen-bond donors (Lipinski definition) is 0. The molecule has 0 radical (unpaired) electrons. The van der Waals surface area contributed by atoms with Crippen molar-refractivity contribution in [2.45, 2.75) is 19.3 Å². The standard InChI is InChI=1S/C16H10ClF6NO/c1-9(13-8-11(17)5-6-14(13)16(21,22)23)24-25-12-4-2-3-10(7-12)15(18,19)20/h2-8H,1H3. The summed E-state index contributed by atoms with van der Waals surface area (Å²) in [5, 5.41) is 3.55. The molecule has 0 heterocycles. The van der Waals surface area contributed by atoms with Gasteiger partial charge in [0, 0.05) is 10.6 Å². The first-order chi connectivity index (χ1) is 11.5. The molecule has 0 aromatic heterocycles. The first-order valence-electron chi connectivity index (χ1n) is 6.74. The van der Waals surface area contributed by atoms with E-state index >= 15 is 0 Å². The van der Waals surface area contributed by atoms with Crippen molar-refractivity contribution in [3.8, 4) is 5.75 Å². The molecule has 0 aliphatic rings. The lowest BCUT2D eigenvalue weighted by Crippen LogP contribution is -2.12. The van der Waals surface area contributed by atoms with Crippen LogP contribution in [0, 0.1) is 0 Å². The van der Waals surface area contributed by atoms with Gasteiger partial charge < -0.3 is 4.84 Å². The van der Waals surface area contributed by atoms with Gasteiger partial charge in [-0.1, -0.05) is 22.8 Å². The zero-order chi connectivity index (χ0) is 18.8. The van der Waals surface area contributed by atoms with Crippen molar-refractivity contribution in [2.24, 2.45) is 5.16 Å². The van der Waals surface area contributed by atoms with Crippen LogP contribution in [0.4, 0.5) is 26.3 Å². The van der Waals surface area contributed by atoms with E-state index in [-0.39, 0.29) is 22.0 Å². The largest absolute Gasteiger partial charge is 0.417 e. The van der Waals surface area contributed by atoms with Crippen LogP contribution in [-0.4, -0.2) is 5.71 Å². The number of oxime groups is 1. The molecule has 0 atom stereocenters. The average Bonchev–Trinajstić information content (AvgIpc) is 2.50. The summed E-state index contributed by atoms with van der Waals surface area (Å²) in [5.41, 5.74) is -2.46. The van der Waals surface area contributed by atoms with Crippen LogP contribution in [0.5, 0.6) is 5.75 Å². The Balaban J connectivity index is 2.33. The van der Waals surface area contributed by atoms with Gasteiger partial charge in [0.1, 0.15) is 0 Å². The molecule has 9 heteroatoms. The zero-order valence-corrected chi connectivity index (χ0v) is 13.3. The van der Waals surface area contributed by atoms with Gasteiger partial charge in [-0.05, 0) is 43.3 Å². The van der Waals surface area contributed by atoms with E-state index in [1.165, 1.54) is 13.0 Å². The quantitative estimate of drug-likeness (QED) is 0.353. The maximum atomic E-state index is 13.0. The smallest absolute Gasteiger partial charge is 0.357 e. The molecule has 0 spiro atoms. The average molecular weight is 382 g/mol. The van der Waals surface area contributed by atoms with E-state index < -0.39 is 23.5 Å². The van der Waals surface area contributed by atoms with E-state index in [0.717, 1.165) is 30.3 Å². The SMILES string of the molecule is CC(=NOc1cccc(C(F)(F)F)c1)c1cc(Cl)ccc1C(F)(F)F. The van der Waals surface area contributed by atoms with Crippen LogP contribution in [-0.2, 0) is 12.4 Å². The topological polar surface area (TPSA) is 21.6 Å². The van der Waals surface area contributed by atoms with Gasteiger partial charge in [0.2, 0.25) is 0 Å². The number of rotatable bonds is 3. The molecular weight excluding hydrogens is 372 g/mol. The van der Waals surface area contributed by atoms with Crippen molar-refractivity contribution in [3.63, 3.8) is 0 Å². The Morgan fingerprint density at radius 1 is 0.960 bits per heavy atom. The van der Waals surface area contributed by atoms with E-state index in [1.54, 1.807) is 0 Å². The summed E-state index contributed by atoms with van der Waals surface area (Å²) < 4.78 is 77.0. The fraction of sp³-hybridized carbons (Fsp3) is 0.188. The lowest BCUT2D eigenvalue weighted by atomic mass is 10.0. The molecular formula is C16H10ClF6NO. The predicted molar refractivity (Wildman–Crippen MR) is 80.7 cm³/mol. The van der Waals surface area contributed by atoms with E-state index in [2.05, 4.69) is 5.16 Å². The monoisotopic (exact) mass is 381 g/mol. The van der Waals surface area contributed by atoms with Gasteiger partial charge in [-0.2, -0.15) is 26.3 Å². The summed E-state index contributed by atoms with van der Waals surface area (Å²) in [6, 6.07) is 6.76. The zero-order valence-electron chi connectivity index (χ0n) is 12.5. The molecule has 25 heavy (non-hydrogen) atoms. The van der Waals surface area contributed by atoms with Gasteiger partial charge in [0.15, 0.2) is 5.75 Å². The molecule has 0 aliphatic heterocycles. The highest BCUT2D eigenvalue weighted by molar-refractivity contribution is 6.31. The molecule has 2 rings (SSSR count). The number of nitrogens with zero attached hydrogens (tertiary/aromatic N) is 1. The van der Waals surface area contributed by atoms with Crippen LogP contribution in [0.25, 0.3) is 0 Å². The first-order valence-corrected chi connectivity index (χ1v) is 7.12. The Hall–Kier alpha value is -2.22. The van der Waals surface area contributed by atoms with Crippen molar-refractivity contribution >= 4 is 17.3 Å². The molecule has 0 saturated carbocycles. The van der Waals surface area contributed by atoms with Gasteiger partial charge in [-0.3, -0.25) is 0 Å². The third-order valence-electron chi connectivity index (χ3n) is 3.13. The number of hydrogen-bond acceptors (Lipinski definition) is 2. The van der Waals surface area contributed by atoms with Gasteiger partial charge in [0.05, 0.1) is 16.8 Å². The predicted octanol–water partition coefficient (Wildman–Crippen LogP) is 6.18. The third kappa shape index (κ3) is 4.88. The number of benzene rings is 2. The van der Waals surface area contributed by atoms with Crippen molar-refractivity contribution in [1.82, 2.24) is 0 Å². The third-order valence-corrected chi connectivity index (χ3v) is 3.36. The Labute approximate surface area is 143 Å². The Bertz CT molecular complexity index is 798. The molecule has 2 nitrogen and oxygen atoms in total. The van der Waals surface area contributed by atoms with Crippen LogP contribution in [0.15, 0.2) is 47.6 Å². The molecule has 2 aromatic carbocycles. The number of halogens is 7. The van der Waals surface area contributed by atoms with E-state index in [4.69, 9.17) is 16.4 Å². The molecule has 134 valence electrons. The van der Waals surface area contributed by atoms with Gasteiger partial charge >= 0.3 is 12.4 Å². The van der Waals surface area contributed by atoms with E-state index in [0.29, 0.717) is 6.07 Å². The van der Waals surface area contributed by atoms with Crippen molar-refractivity contribution in [2.75, 3.05) is 0 Å². The highest BCUT2D eigenvalue weighted by Gasteiger charge is 2.34. The summed E-state index contributed by atoms with van der Waals surface area (Å²) in [6.07, 6.45) is -9.22. The molecule has 0 fully saturated rings. The second kappa shape index (κ2) is 6.95. The Morgan fingerprint density at radius 3 is 2.24 bits per heavy atom. The van der Waals surface area contributed by atoms with Crippen LogP contribution in [0.1, 0.15) is 23.6 Å². The minimum absolute atomic E-state index is 0.0524. The van der Waals surface area contributed by atoms with Crippen LogP contribution in [0.2, 0.25) is 5.02 Å². The lowest BCUT2D eigenvalue weighted by Gasteiger charge is -2.13. The van der Waals surface area contributed by atoms with E-state index in [1.807, 2.05) is 0 Å². The van der Waals surface area contributed by atoms with Crippen molar-refractivity contribution in [3.05, 3.63) is 64.2 Å².